The quantitative estimate of drug-likeness (QED) is 0.399. The van der Waals surface area contributed by atoms with Gasteiger partial charge in [0.2, 0.25) is 0 Å². The molecule has 0 fully saturated rings. The molecule has 1 heteroatoms. The number of hydrogen-bond donors (Lipinski definition) is 0. The molecule has 0 bridgehead atoms. The summed E-state index contributed by atoms with van der Waals surface area (Å²) in [5.41, 5.74) is 1.15. The van der Waals surface area contributed by atoms with Crippen molar-refractivity contribution < 1.29 is 0 Å². The standard InChI is InChI=1S/C13H17N/c1-3-4-5-9-12-14(2)13-10-7-6-8-11-13/h6-8,10-11H,3-5H2,1-2H3. The number of nitrogens with zero attached hydrogens (tertiary/aromatic N) is 1. The van der Waals surface area contributed by atoms with Gasteiger partial charge in [-0.2, -0.15) is 0 Å². The van der Waals surface area contributed by atoms with Crippen LogP contribution in [0, 0.1) is 12.0 Å². The summed E-state index contributed by atoms with van der Waals surface area (Å²) < 4.78 is 0. The topological polar surface area (TPSA) is 3.24 Å². The predicted octanol–water partition coefficient (Wildman–Crippen LogP) is 3.27. The van der Waals surface area contributed by atoms with Gasteiger partial charge >= 0.3 is 0 Å². The lowest BCUT2D eigenvalue weighted by Gasteiger charge is -2.09. The van der Waals surface area contributed by atoms with Gasteiger partial charge in [0, 0.05) is 25.2 Å². The van der Waals surface area contributed by atoms with Crippen molar-refractivity contribution >= 4 is 5.69 Å². The molecule has 74 valence electrons. The van der Waals surface area contributed by atoms with E-state index in [1.165, 1.54) is 12.8 Å². The van der Waals surface area contributed by atoms with Gasteiger partial charge in [-0.15, -0.1) is 0 Å². The first kappa shape index (κ1) is 10.7. The van der Waals surface area contributed by atoms with Crippen LogP contribution in [-0.2, 0) is 0 Å². The van der Waals surface area contributed by atoms with Gasteiger partial charge in [0.1, 0.15) is 0 Å². The second-order valence-corrected chi connectivity index (χ2v) is 3.29. The molecule has 0 saturated carbocycles. The van der Waals surface area contributed by atoms with Crippen molar-refractivity contribution in [3.63, 3.8) is 0 Å². The third kappa shape index (κ3) is 3.53. The van der Waals surface area contributed by atoms with E-state index < -0.39 is 0 Å². The van der Waals surface area contributed by atoms with Crippen LogP contribution in [0.2, 0.25) is 0 Å². The van der Waals surface area contributed by atoms with Crippen LogP contribution < -0.4 is 4.90 Å². The van der Waals surface area contributed by atoms with Gasteiger partial charge < -0.3 is 4.90 Å². The molecule has 0 aromatic heterocycles. The van der Waals surface area contributed by atoms with Gasteiger partial charge in [-0.1, -0.05) is 37.5 Å². The molecule has 0 amide bonds. The van der Waals surface area contributed by atoms with Crippen LogP contribution >= 0.6 is 0 Å². The fourth-order valence-corrected chi connectivity index (χ4v) is 1.16. The molecule has 1 aromatic carbocycles. The van der Waals surface area contributed by atoms with Crippen LogP contribution in [-0.4, -0.2) is 7.05 Å². The van der Waals surface area contributed by atoms with Gasteiger partial charge in [-0.05, 0) is 18.6 Å². The molecule has 0 aliphatic heterocycles. The highest BCUT2D eigenvalue weighted by molar-refractivity contribution is 5.50. The van der Waals surface area contributed by atoms with Crippen molar-refractivity contribution in [2.45, 2.75) is 26.2 Å². The van der Waals surface area contributed by atoms with Crippen LogP contribution in [0.4, 0.5) is 5.69 Å². The molecule has 14 heavy (non-hydrogen) atoms. The van der Waals surface area contributed by atoms with Crippen LogP contribution in [0.1, 0.15) is 26.2 Å². The summed E-state index contributed by atoms with van der Waals surface area (Å²) in [6.07, 6.45) is 3.40. The number of rotatable bonds is 3. The van der Waals surface area contributed by atoms with E-state index in [4.69, 9.17) is 0 Å². The van der Waals surface area contributed by atoms with Crippen molar-refractivity contribution in [2.24, 2.45) is 0 Å². The summed E-state index contributed by atoms with van der Waals surface area (Å²) in [5.74, 6) is 3.16. The predicted molar refractivity (Wildman–Crippen MR) is 62.1 cm³/mol. The van der Waals surface area contributed by atoms with E-state index in [2.05, 4.69) is 31.0 Å². The highest BCUT2D eigenvalue weighted by atomic mass is 15.1. The van der Waals surface area contributed by atoms with Gasteiger partial charge in [-0.3, -0.25) is 0 Å². The van der Waals surface area contributed by atoms with Crippen molar-refractivity contribution in [2.75, 3.05) is 11.9 Å². The number of benzene rings is 1. The molecular formula is C13H17N. The number of unbranched alkanes of at least 4 members (excludes halogenated alkanes) is 2. The molecule has 0 aliphatic rings. The molecule has 0 N–H and O–H groups in total. The lowest BCUT2D eigenvalue weighted by atomic mass is 10.2. The Morgan fingerprint density at radius 3 is 2.57 bits per heavy atom. The van der Waals surface area contributed by atoms with Crippen molar-refractivity contribution in [3.05, 3.63) is 30.3 Å². The van der Waals surface area contributed by atoms with Crippen molar-refractivity contribution in [3.8, 4) is 12.0 Å². The smallest absolute Gasteiger partial charge is 0.0485 e. The monoisotopic (exact) mass is 187 g/mol. The zero-order valence-electron chi connectivity index (χ0n) is 8.96. The Morgan fingerprint density at radius 1 is 1.21 bits per heavy atom. The fraction of sp³-hybridized carbons (Fsp3) is 0.385. The van der Waals surface area contributed by atoms with E-state index in [-0.39, 0.29) is 0 Å². The number of anilines is 1. The maximum atomic E-state index is 3.16. The zero-order chi connectivity index (χ0) is 10.2. The molecule has 1 rings (SSSR count). The molecule has 0 saturated heterocycles. The highest BCUT2D eigenvalue weighted by Crippen LogP contribution is 2.09. The van der Waals surface area contributed by atoms with E-state index in [0.29, 0.717) is 0 Å². The summed E-state index contributed by atoms with van der Waals surface area (Å²) in [6, 6.07) is 13.3. The minimum atomic E-state index is 0.994. The van der Waals surface area contributed by atoms with Gasteiger partial charge in [-0.25, -0.2) is 0 Å². The summed E-state index contributed by atoms with van der Waals surface area (Å²) in [6.45, 7) is 2.18. The van der Waals surface area contributed by atoms with Gasteiger partial charge in [0.25, 0.3) is 0 Å². The second kappa shape index (κ2) is 6.10. The molecule has 0 spiro atoms. The Morgan fingerprint density at radius 2 is 1.93 bits per heavy atom. The Labute approximate surface area is 86.7 Å². The van der Waals surface area contributed by atoms with Crippen molar-refractivity contribution in [1.82, 2.24) is 0 Å². The molecule has 1 nitrogen and oxygen atoms in total. The fourth-order valence-electron chi connectivity index (χ4n) is 1.16. The van der Waals surface area contributed by atoms with Gasteiger partial charge in [0.15, 0.2) is 0 Å². The van der Waals surface area contributed by atoms with E-state index in [1.54, 1.807) is 0 Å². The summed E-state index contributed by atoms with van der Waals surface area (Å²) in [5, 5.41) is 0. The Balaban J connectivity index is 2.49. The maximum absolute atomic E-state index is 3.16. The zero-order valence-corrected chi connectivity index (χ0v) is 8.96. The van der Waals surface area contributed by atoms with Crippen LogP contribution in [0.3, 0.4) is 0 Å². The maximum Gasteiger partial charge on any atom is 0.0485 e. The molecular weight excluding hydrogens is 170 g/mol. The molecule has 0 aliphatic carbocycles. The minimum Gasteiger partial charge on any atom is -0.305 e. The average molecular weight is 187 g/mol. The number of para-hydroxylation sites is 1. The lowest BCUT2D eigenvalue weighted by Crippen LogP contribution is -2.07. The third-order valence-corrected chi connectivity index (χ3v) is 2.05. The molecule has 0 atom stereocenters. The molecule has 0 radical (unpaired) electrons. The summed E-state index contributed by atoms with van der Waals surface area (Å²) in [4.78, 5) is 1.97. The van der Waals surface area contributed by atoms with E-state index in [1.807, 2.05) is 30.1 Å². The van der Waals surface area contributed by atoms with Crippen LogP contribution in [0.5, 0.6) is 0 Å². The van der Waals surface area contributed by atoms with E-state index in [9.17, 15) is 0 Å². The lowest BCUT2D eigenvalue weighted by molar-refractivity contribution is 0.827. The molecule has 0 heterocycles. The minimum absolute atomic E-state index is 0.994. The summed E-state index contributed by atoms with van der Waals surface area (Å²) in [7, 11) is 1.99. The SMILES string of the molecule is CCCCC#CN(C)c1ccccc1. The van der Waals surface area contributed by atoms with Crippen molar-refractivity contribution in [1.29, 1.82) is 0 Å². The largest absolute Gasteiger partial charge is 0.305 e. The first-order valence-electron chi connectivity index (χ1n) is 5.12. The van der Waals surface area contributed by atoms with E-state index in [0.717, 1.165) is 12.1 Å². The third-order valence-electron chi connectivity index (χ3n) is 2.05. The van der Waals surface area contributed by atoms with E-state index >= 15 is 0 Å². The molecule has 1 aromatic rings. The molecule has 0 unspecified atom stereocenters. The average Bonchev–Trinajstić information content (AvgIpc) is 2.25. The number of hydrogen-bond acceptors (Lipinski definition) is 1. The first-order chi connectivity index (χ1) is 6.84. The Bertz CT molecular complexity index is 305. The Hall–Kier alpha value is -1.42. The normalized spacial score (nSPS) is 9.00. The first-order valence-corrected chi connectivity index (χ1v) is 5.12. The van der Waals surface area contributed by atoms with Crippen LogP contribution in [0.25, 0.3) is 0 Å². The van der Waals surface area contributed by atoms with Gasteiger partial charge in [0.05, 0.1) is 0 Å². The second-order valence-electron chi connectivity index (χ2n) is 3.29. The Kier molecular flexibility index (Phi) is 4.64. The highest BCUT2D eigenvalue weighted by Gasteiger charge is 1.92. The summed E-state index contributed by atoms with van der Waals surface area (Å²) >= 11 is 0. The van der Waals surface area contributed by atoms with Crippen LogP contribution in [0.15, 0.2) is 30.3 Å².